The van der Waals surface area contributed by atoms with Crippen LogP contribution >= 0.6 is 0 Å². The second-order valence-corrected chi connectivity index (χ2v) is 6.19. The van der Waals surface area contributed by atoms with E-state index in [1.165, 1.54) is 25.0 Å². The van der Waals surface area contributed by atoms with Crippen LogP contribution < -0.4 is 0 Å². The van der Waals surface area contributed by atoms with Crippen molar-refractivity contribution in [3.8, 4) is 0 Å². The topological polar surface area (TPSA) is 102 Å². The molecular formula is C18H30O7. The highest BCUT2D eigenvalue weighted by atomic mass is 16.8. The van der Waals surface area contributed by atoms with Gasteiger partial charge in [-0.3, -0.25) is 0 Å². The lowest BCUT2D eigenvalue weighted by Gasteiger charge is -2.22. The highest BCUT2D eigenvalue weighted by molar-refractivity contribution is 5.77. The highest BCUT2D eigenvalue weighted by Crippen LogP contribution is 2.22. The Morgan fingerprint density at radius 1 is 0.720 bits per heavy atom. The number of carbonyl (C=O) groups excluding carboxylic acids is 2. The number of rotatable bonds is 4. The first kappa shape index (κ1) is 21.4. The van der Waals surface area contributed by atoms with Gasteiger partial charge in [-0.1, -0.05) is 25.0 Å². The monoisotopic (exact) mass is 358 g/mol. The molecule has 0 spiro atoms. The van der Waals surface area contributed by atoms with Gasteiger partial charge in [-0.15, -0.1) is 0 Å². The van der Waals surface area contributed by atoms with Gasteiger partial charge in [-0.05, 0) is 51.4 Å². The van der Waals surface area contributed by atoms with Crippen LogP contribution in [0.5, 0.6) is 0 Å². The van der Waals surface area contributed by atoms with E-state index < -0.39 is 12.3 Å². The van der Waals surface area contributed by atoms with Crippen LogP contribution in [0.4, 0.5) is 9.59 Å². The van der Waals surface area contributed by atoms with Crippen LogP contribution in [0.15, 0.2) is 12.2 Å². The summed E-state index contributed by atoms with van der Waals surface area (Å²) in [7, 11) is 0. The maximum atomic E-state index is 11.4. The van der Waals surface area contributed by atoms with E-state index in [2.05, 4.69) is 4.74 Å². The normalized spacial score (nSPS) is 19.0. The maximum Gasteiger partial charge on any atom is 0.518 e. The van der Waals surface area contributed by atoms with E-state index in [1.807, 2.05) is 0 Å². The summed E-state index contributed by atoms with van der Waals surface area (Å²) in [4.78, 5) is 22.8. The molecule has 0 aliphatic heterocycles. The molecule has 144 valence electrons. The minimum atomic E-state index is -0.923. The molecule has 0 aromatic heterocycles. The number of carbonyl (C=O) groups is 2. The molecule has 2 saturated carbocycles. The molecule has 0 heterocycles. The number of hydrogen-bond acceptors (Lipinski definition) is 7. The average molecular weight is 358 g/mol. The summed E-state index contributed by atoms with van der Waals surface area (Å²) in [6, 6.07) is 0. The molecule has 2 fully saturated rings. The molecule has 0 unspecified atom stereocenters. The molecule has 2 aliphatic carbocycles. The van der Waals surface area contributed by atoms with Crippen molar-refractivity contribution in [2.45, 2.75) is 76.4 Å². The first-order chi connectivity index (χ1) is 12.2. The van der Waals surface area contributed by atoms with E-state index in [1.54, 1.807) is 0 Å². The lowest BCUT2D eigenvalue weighted by Crippen LogP contribution is -2.26. The fraction of sp³-hybridized carbons (Fsp3) is 0.778. The quantitative estimate of drug-likeness (QED) is 0.450. The van der Waals surface area contributed by atoms with Crippen molar-refractivity contribution in [1.29, 1.82) is 0 Å². The van der Waals surface area contributed by atoms with Crippen molar-refractivity contribution in [1.82, 2.24) is 0 Å². The Labute approximate surface area is 148 Å². The van der Waals surface area contributed by atoms with Crippen LogP contribution in [0, 0.1) is 0 Å². The van der Waals surface area contributed by atoms with E-state index in [9.17, 15) is 9.59 Å². The molecule has 0 atom stereocenters. The molecule has 0 aromatic rings. The smallest absolute Gasteiger partial charge is 0.431 e. The highest BCUT2D eigenvalue weighted by Gasteiger charge is 2.24. The number of aliphatic hydroxyl groups excluding tert-OH is 2. The van der Waals surface area contributed by atoms with Crippen LogP contribution in [0.3, 0.4) is 0 Å². The zero-order chi connectivity index (χ0) is 18.3. The third-order valence-corrected chi connectivity index (χ3v) is 4.17. The van der Waals surface area contributed by atoms with Gasteiger partial charge < -0.3 is 24.4 Å². The van der Waals surface area contributed by atoms with Crippen LogP contribution in [0.2, 0.25) is 0 Å². The summed E-state index contributed by atoms with van der Waals surface area (Å²) >= 11 is 0. The van der Waals surface area contributed by atoms with Crippen molar-refractivity contribution in [3.05, 3.63) is 12.2 Å². The molecule has 0 bridgehead atoms. The van der Waals surface area contributed by atoms with Crippen molar-refractivity contribution in [2.75, 3.05) is 13.2 Å². The Hall–Kier alpha value is -1.60. The van der Waals surface area contributed by atoms with E-state index in [-0.39, 0.29) is 25.4 Å². The molecule has 0 radical (unpaired) electrons. The maximum absolute atomic E-state index is 11.4. The lowest BCUT2D eigenvalue weighted by molar-refractivity contribution is -0.0100. The average Bonchev–Trinajstić information content (AvgIpc) is 2.62. The van der Waals surface area contributed by atoms with E-state index >= 15 is 0 Å². The van der Waals surface area contributed by atoms with Crippen LogP contribution in [-0.2, 0) is 14.2 Å². The summed E-state index contributed by atoms with van der Waals surface area (Å²) in [6.07, 6.45) is 10.9. The number of ether oxygens (including phenoxy) is 3. The van der Waals surface area contributed by atoms with Gasteiger partial charge in [-0.2, -0.15) is 0 Å². The Morgan fingerprint density at radius 2 is 1.08 bits per heavy atom. The van der Waals surface area contributed by atoms with Crippen LogP contribution in [0.1, 0.15) is 64.2 Å². The first-order valence-electron chi connectivity index (χ1n) is 9.11. The third kappa shape index (κ3) is 10.8. The first-order valence-corrected chi connectivity index (χ1v) is 9.11. The Kier molecular flexibility index (Phi) is 11.7. The third-order valence-electron chi connectivity index (χ3n) is 4.17. The Bertz CT molecular complexity index is 360. The molecule has 0 amide bonds. The number of hydrogen-bond donors (Lipinski definition) is 2. The van der Waals surface area contributed by atoms with Crippen LogP contribution in [-0.4, -0.2) is 47.9 Å². The molecule has 2 aliphatic rings. The summed E-state index contributed by atoms with van der Waals surface area (Å²) in [6.45, 7) is 0.0289. The van der Waals surface area contributed by atoms with Gasteiger partial charge in [0.05, 0.1) is 13.2 Å². The van der Waals surface area contributed by atoms with E-state index in [4.69, 9.17) is 19.7 Å². The number of aliphatic hydroxyl groups is 2. The van der Waals surface area contributed by atoms with Gasteiger partial charge in [0, 0.05) is 0 Å². The molecule has 25 heavy (non-hydrogen) atoms. The zero-order valence-electron chi connectivity index (χ0n) is 14.7. The fourth-order valence-corrected chi connectivity index (χ4v) is 2.90. The predicted octanol–water partition coefficient (Wildman–Crippen LogP) is 3.47. The lowest BCUT2D eigenvalue weighted by atomic mass is 9.98. The second-order valence-electron chi connectivity index (χ2n) is 6.19. The van der Waals surface area contributed by atoms with Gasteiger partial charge in [0.25, 0.3) is 0 Å². The van der Waals surface area contributed by atoms with Gasteiger partial charge in [-0.25, -0.2) is 9.59 Å². The van der Waals surface area contributed by atoms with Crippen molar-refractivity contribution in [2.24, 2.45) is 0 Å². The fourth-order valence-electron chi connectivity index (χ4n) is 2.90. The molecule has 7 heteroatoms. The minimum Gasteiger partial charge on any atom is -0.431 e. The van der Waals surface area contributed by atoms with Gasteiger partial charge in [0.1, 0.15) is 12.2 Å². The standard InChI is InChI=1S/C14H22O5.C4H8O2/c15-13(17-11-7-3-1-4-8-11)19-14(16)18-12-9-5-2-6-10-12;5-3-1-2-4-6/h11-12H,1-10H2;1-2,5-6H,3-4H2. The van der Waals surface area contributed by atoms with Crippen molar-refractivity contribution < 1.29 is 34.0 Å². The molecular weight excluding hydrogens is 328 g/mol. The van der Waals surface area contributed by atoms with E-state index in [0.29, 0.717) is 0 Å². The summed E-state index contributed by atoms with van der Waals surface area (Å²) in [5.74, 6) is 0. The largest absolute Gasteiger partial charge is 0.518 e. The van der Waals surface area contributed by atoms with Gasteiger partial charge >= 0.3 is 12.3 Å². The van der Waals surface area contributed by atoms with Crippen LogP contribution in [0.25, 0.3) is 0 Å². The predicted molar refractivity (Wildman–Crippen MR) is 91.1 cm³/mol. The summed E-state index contributed by atoms with van der Waals surface area (Å²) < 4.78 is 14.7. The minimum absolute atomic E-state index is 0.0144. The Balaban J connectivity index is 0.000000450. The SMILES string of the molecule is O=C(OC(=O)OC1CCCCC1)OC1CCCCC1.OCC=CCO. The zero-order valence-corrected chi connectivity index (χ0v) is 14.7. The van der Waals surface area contributed by atoms with Gasteiger partial charge in [0.15, 0.2) is 0 Å². The summed E-state index contributed by atoms with van der Waals surface area (Å²) in [5.41, 5.74) is 0. The van der Waals surface area contributed by atoms with Gasteiger partial charge in [0.2, 0.25) is 0 Å². The summed E-state index contributed by atoms with van der Waals surface area (Å²) in [5, 5.41) is 16.0. The van der Waals surface area contributed by atoms with Crippen molar-refractivity contribution in [3.63, 3.8) is 0 Å². The molecule has 0 saturated heterocycles. The van der Waals surface area contributed by atoms with Crippen molar-refractivity contribution >= 4 is 12.3 Å². The Morgan fingerprint density at radius 3 is 1.40 bits per heavy atom. The molecule has 7 nitrogen and oxygen atoms in total. The molecule has 2 N–H and O–H groups in total. The molecule has 0 aromatic carbocycles. The molecule has 2 rings (SSSR count). The van der Waals surface area contributed by atoms with E-state index in [0.717, 1.165) is 51.4 Å². The second kappa shape index (κ2) is 13.7.